The summed E-state index contributed by atoms with van der Waals surface area (Å²) in [6, 6.07) is 4.86. The van der Waals surface area contributed by atoms with Gasteiger partial charge in [0.1, 0.15) is 12.3 Å². The van der Waals surface area contributed by atoms with Gasteiger partial charge in [0.2, 0.25) is 0 Å². The molecule has 1 aliphatic heterocycles. The van der Waals surface area contributed by atoms with Crippen molar-refractivity contribution in [2.24, 2.45) is 17.6 Å². The zero-order valence-corrected chi connectivity index (χ0v) is 18.7. The average molecular weight is 426 g/mol. The van der Waals surface area contributed by atoms with Crippen LogP contribution >= 0.6 is 0 Å². The Balaban J connectivity index is 1.51. The van der Waals surface area contributed by atoms with Crippen molar-refractivity contribution in [2.45, 2.75) is 71.1 Å². The van der Waals surface area contributed by atoms with Crippen molar-refractivity contribution in [2.75, 3.05) is 13.1 Å². The van der Waals surface area contributed by atoms with Crippen molar-refractivity contribution in [1.29, 1.82) is 5.41 Å². The number of primary amides is 1. The number of amides is 1. The van der Waals surface area contributed by atoms with E-state index in [1.165, 1.54) is 31.9 Å². The van der Waals surface area contributed by atoms with E-state index in [0.717, 1.165) is 60.1 Å². The largest absolute Gasteiger partial charge is 0.443 e. The number of nitrogens with zero attached hydrogens (tertiary/aromatic N) is 3. The van der Waals surface area contributed by atoms with E-state index in [1.807, 2.05) is 12.1 Å². The van der Waals surface area contributed by atoms with Crippen LogP contribution in [0.15, 0.2) is 18.3 Å². The third-order valence-corrected chi connectivity index (χ3v) is 7.47. The smallest absolute Gasteiger partial charge is 0.404 e. The SMILES string of the molecule is CC(C)[C@H]1CC[C@@H](N2CCC(n3c(COC(N)=O)c(C=N)c4cccnc43)CC2)CC1. The third-order valence-electron chi connectivity index (χ3n) is 7.47. The molecule has 2 aliphatic rings. The van der Waals surface area contributed by atoms with Crippen LogP contribution < -0.4 is 5.73 Å². The molecule has 7 heteroatoms. The molecule has 2 aromatic rings. The highest BCUT2D eigenvalue weighted by Gasteiger charge is 2.32. The molecule has 7 nitrogen and oxygen atoms in total. The summed E-state index contributed by atoms with van der Waals surface area (Å²) in [5, 5.41) is 8.87. The van der Waals surface area contributed by atoms with E-state index in [-0.39, 0.29) is 12.6 Å². The molecule has 1 saturated carbocycles. The van der Waals surface area contributed by atoms with Crippen molar-refractivity contribution in [3.8, 4) is 0 Å². The van der Waals surface area contributed by atoms with Crippen LogP contribution in [-0.2, 0) is 11.3 Å². The molecule has 2 aromatic heterocycles. The molecule has 0 aromatic carbocycles. The first kappa shape index (κ1) is 21.8. The van der Waals surface area contributed by atoms with Crippen molar-refractivity contribution < 1.29 is 9.53 Å². The number of aromatic nitrogens is 2. The fourth-order valence-corrected chi connectivity index (χ4v) is 5.70. The van der Waals surface area contributed by atoms with Crippen LogP contribution in [-0.4, -0.2) is 45.9 Å². The summed E-state index contributed by atoms with van der Waals surface area (Å²) >= 11 is 0. The lowest BCUT2D eigenvalue weighted by molar-refractivity contribution is 0.0875. The fourth-order valence-electron chi connectivity index (χ4n) is 5.70. The highest BCUT2D eigenvalue weighted by atomic mass is 16.5. The van der Waals surface area contributed by atoms with Crippen LogP contribution in [0.25, 0.3) is 11.0 Å². The number of hydrogen-bond donors (Lipinski definition) is 2. The zero-order chi connectivity index (χ0) is 22.0. The van der Waals surface area contributed by atoms with Gasteiger partial charge in [-0.25, -0.2) is 9.78 Å². The molecule has 1 saturated heterocycles. The predicted molar refractivity (Wildman–Crippen MR) is 122 cm³/mol. The second-order valence-electron chi connectivity index (χ2n) is 9.44. The van der Waals surface area contributed by atoms with Crippen molar-refractivity contribution in [3.05, 3.63) is 29.6 Å². The Morgan fingerprint density at radius 1 is 1.23 bits per heavy atom. The van der Waals surface area contributed by atoms with Gasteiger partial charge in [-0.3, -0.25) is 0 Å². The molecule has 31 heavy (non-hydrogen) atoms. The van der Waals surface area contributed by atoms with Gasteiger partial charge in [-0.05, 0) is 62.5 Å². The minimum Gasteiger partial charge on any atom is -0.443 e. The van der Waals surface area contributed by atoms with Crippen LogP contribution in [0.3, 0.4) is 0 Å². The molecule has 1 aliphatic carbocycles. The number of fused-ring (bicyclic) bond motifs is 1. The first-order chi connectivity index (χ1) is 15.0. The molecule has 168 valence electrons. The number of ether oxygens (including phenoxy) is 1. The van der Waals surface area contributed by atoms with Crippen LogP contribution in [0.4, 0.5) is 4.79 Å². The van der Waals surface area contributed by atoms with Gasteiger partial charge < -0.3 is 25.3 Å². The van der Waals surface area contributed by atoms with Crippen molar-refractivity contribution in [3.63, 3.8) is 0 Å². The number of carbonyl (C=O) groups excluding carboxylic acids is 1. The van der Waals surface area contributed by atoms with Crippen molar-refractivity contribution in [1.82, 2.24) is 14.5 Å². The summed E-state index contributed by atoms with van der Waals surface area (Å²) < 4.78 is 7.35. The molecule has 2 fully saturated rings. The lowest BCUT2D eigenvalue weighted by atomic mass is 9.79. The maximum Gasteiger partial charge on any atom is 0.404 e. The van der Waals surface area contributed by atoms with Gasteiger partial charge in [0.05, 0.1) is 5.69 Å². The maximum absolute atomic E-state index is 11.3. The molecule has 4 rings (SSSR count). The Kier molecular flexibility index (Phi) is 6.60. The van der Waals surface area contributed by atoms with Gasteiger partial charge in [0.15, 0.2) is 0 Å². The van der Waals surface area contributed by atoms with Gasteiger partial charge in [-0.15, -0.1) is 0 Å². The number of piperidine rings is 1. The summed E-state index contributed by atoms with van der Waals surface area (Å²) in [7, 11) is 0. The lowest BCUT2D eigenvalue weighted by Gasteiger charge is -2.42. The minimum absolute atomic E-state index is 0.0653. The van der Waals surface area contributed by atoms with E-state index < -0.39 is 6.09 Å². The quantitative estimate of drug-likeness (QED) is 0.667. The highest BCUT2D eigenvalue weighted by Crippen LogP contribution is 2.36. The van der Waals surface area contributed by atoms with Gasteiger partial charge in [0, 0.05) is 48.5 Å². The van der Waals surface area contributed by atoms with Crippen LogP contribution in [0.2, 0.25) is 0 Å². The Morgan fingerprint density at radius 2 is 1.94 bits per heavy atom. The monoisotopic (exact) mass is 425 g/mol. The molecule has 0 radical (unpaired) electrons. The second kappa shape index (κ2) is 9.39. The summed E-state index contributed by atoms with van der Waals surface area (Å²) in [6.07, 6.45) is 9.73. The fraction of sp³-hybridized carbons (Fsp3) is 0.625. The molecule has 1 amide bonds. The second-order valence-corrected chi connectivity index (χ2v) is 9.44. The first-order valence-electron chi connectivity index (χ1n) is 11.6. The number of carbonyl (C=O) groups is 1. The normalized spacial score (nSPS) is 23.3. The maximum atomic E-state index is 11.3. The van der Waals surface area contributed by atoms with Gasteiger partial charge in [-0.2, -0.15) is 0 Å². The summed E-state index contributed by atoms with van der Waals surface area (Å²) in [5.41, 5.74) is 7.68. The third kappa shape index (κ3) is 4.47. The Bertz CT molecular complexity index is 921. The molecule has 0 bridgehead atoms. The molecule has 0 spiro atoms. The van der Waals surface area contributed by atoms with E-state index >= 15 is 0 Å². The predicted octanol–water partition coefficient (Wildman–Crippen LogP) is 4.48. The Morgan fingerprint density at radius 3 is 2.55 bits per heavy atom. The summed E-state index contributed by atoms with van der Waals surface area (Å²) in [6.45, 7) is 6.92. The highest BCUT2D eigenvalue weighted by molar-refractivity contribution is 5.98. The summed E-state index contributed by atoms with van der Waals surface area (Å²) in [5.74, 6) is 1.68. The molecule has 0 unspecified atom stereocenters. The minimum atomic E-state index is -0.799. The Hall–Kier alpha value is -2.41. The molecular weight excluding hydrogens is 390 g/mol. The van der Waals surface area contributed by atoms with Crippen LogP contribution in [0.1, 0.15) is 69.7 Å². The molecular formula is C24H35N5O2. The van der Waals surface area contributed by atoms with E-state index in [9.17, 15) is 4.79 Å². The summed E-state index contributed by atoms with van der Waals surface area (Å²) in [4.78, 5) is 18.6. The lowest BCUT2D eigenvalue weighted by Crippen LogP contribution is -2.44. The van der Waals surface area contributed by atoms with E-state index in [0.29, 0.717) is 6.04 Å². The van der Waals surface area contributed by atoms with Crippen LogP contribution in [0, 0.1) is 17.2 Å². The van der Waals surface area contributed by atoms with Gasteiger partial charge >= 0.3 is 6.09 Å². The van der Waals surface area contributed by atoms with Crippen LogP contribution in [0.5, 0.6) is 0 Å². The van der Waals surface area contributed by atoms with E-state index in [4.69, 9.17) is 15.9 Å². The standard InChI is InChI=1S/C24H35N5O2/c1-16(2)17-5-7-18(8-6-17)28-12-9-19(10-13-28)29-22(15-31-24(26)30)21(14-25)20-4-3-11-27-23(20)29/h3-4,11,14,16-19,25H,5-10,12-13,15H2,1-2H3,(H2,26,30)/t17-,18+. The van der Waals surface area contributed by atoms with Gasteiger partial charge in [0.25, 0.3) is 0 Å². The van der Waals surface area contributed by atoms with E-state index in [1.54, 1.807) is 6.20 Å². The molecule has 3 N–H and O–H groups in total. The zero-order valence-electron chi connectivity index (χ0n) is 18.7. The van der Waals surface area contributed by atoms with Crippen molar-refractivity contribution >= 4 is 23.3 Å². The number of hydrogen-bond acceptors (Lipinski definition) is 5. The average Bonchev–Trinajstić information content (AvgIpc) is 3.11. The van der Waals surface area contributed by atoms with E-state index in [2.05, 4.69) is 28.3 Å². The number of likely N-dealkylation sites (tertiary alicyclic amines) is 1. The number of nitrogens with one attached hydrogen (secondary N) is 1. The Labute approximate surface area is 184 Å². The molecule has 3 heterocycles. The number of rotatable bonds is 6. The molecule has 0 atom stereocenters. The topological polar surface area (TPSA) is 97.2 Å². The van der Waals surface area contributed by atoms with Gasteiger partial charge in [-0.1, -0.05) is 13.8 Å². The number of nitrogens with two attached hydrogens (primary N) is 1. The first-order valence-corrected chi connectivity index (χ1v) is 11.6. The number of pyridine rings is 1.